The van der Waals surface area contributed by atoms with Gasteiger partial charge in [0, 0.05) is 10.8 Å². The van der Waals surface area contributed by atoms with Crippen molar-refractivity contribution in [2.45, 2.75) is 0 Å². The summed E-state index contributed by atoms with van der Waals surface area (Å²) in [4.78, 5) is 0. The molecule has 0 unspecified atom stereocenters. The molecule has 1 heteroatoms. The van der Waals surface area contributed by atoms with Gasteiger partial charge in [-0.15, -0.1) is 0 Å². The van der Waals surface area contributed by atoms with Crippen LogP contribution in [-0.4, -0.2) is 0 Å². The van der Waals surface area contributed by atoms with Crippen LogP contribution in [0.3, 0.4) is 0 Å². The Morgan fingerprint density at radius 2 is 0.809 bits per heavy atom. The third-order valence-electron chi connectivity index (χ3n) is 9.86. The first-order chi connectivity index (χ1) is 23.3. The highest BCUT2D eigenvalue weighted by atomic mass is 16.3. The van der Waals surface area contributed by atoms with Crippen molar-refractivity contribution < 1.29 is 4.42 Å². The van der Waals surface area contributed by atoms with Crippen molar-refractivity contribution >= 4 is 65.0 Å². The van der Waals surface area contributed by atoms with Crippen LogP contribution >= 0.6 is 0 Å². The van der Waals surface area contributed by atoms with Crippen LogP contribution in [0.15, 0.2) is 174 Å². The molecule has 47 heavy (non-hydrogen) atoms. The van der Waals surface area contributed by atoms with Crippen molar-refractivity contribution in [3.63, 3.8) is 0 Å². The molecule has 10 rings (SSSR count). The molecule has 9 aromatic carbocycles. The fourth-order valence-corrected chi connectivity index (χ4v) is 7.82. The second-order valence-corrected chi connectivity index (χ2v) is 12.4. The zero-order valence-corrected chi connectivity index (χ0v) is 25.6. The summed E-state index contributed by atoms with van der Waals surface area (Å²) in [5, 5.41) is 12.2. The topological polar surface area (TPSA) is 13.1 Å². The molecule has 1 aromatic heterocycles. The van der Waals surface area contributed by atoms with E-state index in [9.17, 15) is 0 Å². The number of rotatable bonds is 3. The Balaban J connectivity index is 1.35. The molecule has 0 bridgehead atoms. The minimum Gasteiger partial charge on any atom is -0.456 e. The maximum Gasteiger partial charge on any atom is 0.136 e. The lowest BCUT2D eigenvalue weighted by atomic mass is 9.81. The maximum absolute atomic E-state index is 6.38. The van der Waals surface area contributed by atoms with E-state index < -0.39 is 0 Å². The van der Waals surface area contributed by atoms with Crippen molar-refractivity contribution in [1.29, 1.82) is 0 Å². The van der Waals surface area contributed by atoms with E-state index in [1.54, 1.807) is 0 Å². The summed E-state index contributed by atoms with van der Waals surface area (Å²) >= 11 is 0. The van der Waals surface area contributed by atoms with Crippen LogP contribution in [0.1, 0.15) is 0 Å². The summed E-state index contributed by atoms with van der Waals surface area (Å²) in [7, 11) is 0. The molecule has 1 heterocycles. The molecule has 0 amide bonds. The van der Waals surface area contributed by atoms with E-state index in [2.05, 4.69) is 158 Å². The van der Waals surface area contributed by atoms with Gasteiger partial charge in [0.05, 0.1) is 0 Å². The smallest absolute Gasteiger partial charge is 0.136 e. The molecule has 0 atom stereocenters. The van der Waals surface area contributed by atoms with Crippen LogP contribution < -0.4 is 0 Å². The predicted molar refractivity (Wildman–Crippen MR) is 200 cm³/mol. The van der Waals surface area contributed by atoms with E-state index in [1.807, 2.05) is 12.1 Å². The van der Waals surface area contributed by atoms with E-state index in [0.29, 0.717) is 0 Å². The highest BCUT2D eigenvalue weighted by Gasteiger charge is 2.22. The SMILES string of the molecule is c1ccc2c(-c3ccc4ccccc4c3-c3c4ccccc4c(-c4ccc5c(c4)oc4ccccc45)c4ccccc34)cccc2c1. The molecule has 0 fully saturated rings. The summed E-state index contributed by atoms with van der Waals surface area (Å²) in [5.41, 5.74) is 9.24. The normalized spacial score (nSPS) is 11.8. The molecule has 1 nitrogen and oxygen atoms in total. The number of benzene rings is 9. The van der Waals surface area contributed by atoms with Crippen LogP contribution in [0.25, 0.3) is 98.4 Å². The average Bonchev–Trinajstić information content (AvgIpc) is 3.51. The lowest BCUT2D eigenvalue weighted by Crippen LogP contribution is -1.94. The first-order valence-corrected chi connectivity index (χ1v) is 16.2. The fraction of sp³-hybridized carbons (Fsp3) is 0. The number of para-hydroxylation sites is 1. The Labute approximate surface area is 271 Å². The summed E-state index contributed by atoms with van der Waals surface area (Å²) in [6, 6.07) is 61.7. The van der Waals surface area contributed by atoms with Crippen molar-refractivity contribution in [2.24, 2.45) is 0 Å². The summed E-state index contributed by atoms with van der Waals surface area (Å²) in [5.74, 6) is 0. The first-order valence-electron chi connectivity index (χ1n) is 16.2. The zero-order valence-electron chi connectivity index (χ0n) is 25.6. The van der Waals surface area contributed by atoms with Crippen molar-refractivity contribution in [1.82, 2.24) is 0 Å². The quantitative estimate of drug-likeness (QED) is 0.185. The Morgan fingerprint density at radius 3 is 1.53 bits per heavy atom. The van der Waals surface area contributed by atoms with E-state index in [-0.39, 0.29) is 0 Å². The van der Waals surface area contributed by atoms with E-state index in [4.69, 9.17) is 4.42 Å². The van der Waals surface area contributed by atoms with Crippen LogP contribution in [-0.2, 0) is 0 Å². The molecule has 0 saturated carbocycles. The van der Waals surface area contributed by atoms with Gasteiger partial charge in [-0.05, 0) is 94.7 Å². The third-order valence-corrected chi connectivity index (χ3v) is 9.86. The van der Waals surface area contributed by atoms with E-state index >= 15 is 0 Å². The van der Waals surface area contributed by atoms with Gasteiger partial charge in [-0.2, -0.15) is 0 Å². The molecule has 0 saturated heterocycles. The molecule has 0 radical (unpaired) electrons. The molecule has 0 aliphatic heterocycles. The minimum absolute atomic E-state index is 0.910. The van der Waals surface area contributed by atoms with Crippen molar-refractivity contribution in [2.75, 3.05) is 0 Å². The molecular formula is C46H28O. The molecule has 0 aliphatic carbocycles. The molecule has 218 valence electrons. The third kappa shape index (κ3) is 3.90. The number of furan rings is 1. The standard InChI is InChI=1S/C46H28O/c1-3-15-32-29(12-1)14-11-22-34(32)41-27-24-30-13-2-4-16-33(30)45(41)46-39-20-7-5-18-37(39)44(38-19-6-8-21-40(38)46)31-25-26-36-35-17-9-10-23-42(35)47-43(36)28-31/h1-28H. The molecule has 10 aromatic rings. The van der Waals surface area contributed by atoms with Gasteiger partial charge >= 0.3 is 0 Å². The van der Waals surface area contributed by atoms with Gasteiger partial charge in [0.15, 0.2) is 0 Å². The fourth-order valence-electron chi connectivity index (χ4n) is 7.82. The van der Waals surface area contributed by atoms with E-state index in [0.717, 1.165) is 27.5 Å². The minimum atomic E-state index is 0.910. The first kappa shape index (κ1) is 26.1. The predicted octanol–water partition coefficient (Wildman–Crippen LogP) is 13.2. The largest absolute Gasteiger partial charge is 0.456 e. The highest BCUT2D eigenvalue weighted by molar-refractivity contribution is 6.26. The van der Waals surface area contributed by atoms with Gasteiger partial charge in [-0.3, -0.25) is 0 Å². The van der Waals surface area contributed by atoms with Gasteiger partial charge < -0.3 is 4.42 Å². The van der Waals surface area contributed by atoms with Crippen LogP contribution in [0.2, 0.25) is 0 Å². The number of hydrogen-bond donors (Lipinski definition) is 0. The van der Waals surface area contributed by atoms with Gasteiger partial charge in [0.2, 0.25) is 0 Å². The second kappa shape index (κ2) is 10.2. The Morgan fingerprint density at radius 1 is 0.277 bits per heavy atom. The van der Waals surface area contributed by atoms with Gasteiger partial charge in [-0.25, -0.2) is 0 Å². The van der Waals surface area contributed by atoms with Crippen LogP contribution in [0.5, 0.6) is 0 Å². The molecular weight excluding hydrogens is 569 g/mol. The molecule has 0 aliphatic rings. The summed E-state index contributed by atoms with van der Waals surface area (Å²) in [6.07, 6.45) is 0. The second-order valence-electron chi connectivity index (χ2n) is 12.4. The average molecular weight is 597 g/mol. The summed E-state index contributed by atoms with van der Waals surface area (Å²) in [6.45, 7) is 0. The van der Waals surface area contributed by atoms with Crippen LogP contribution in [0, 0.1) is 0 Å². The van der Waals surface area contributed by atoms with Gasteiger partial charge in [-0.1, -0.05) is 152 Å². The number of fused-ring (bicyclic) bond motifs is 7. The highest BCUT2D eigenvalue weighted by Crippen LogP contribution is 2.49. The van der Waals surface area contributed by atoms with Gasteiger partial charge in [0.25, 0.3) is 0 Å². The number of hydrogen-bond acceptors (Lipinski definition) is 1. The molecule has 0 spiro atoms. The molecule has 0 N–H and O–H groups in total. The van der Waals surface area contributed by atoms with Gasteiger partial charge in [0.1, 0.15) is 11.2 Å². The monoisotopic (exact) mass is 596 g/mol. The Bertz CT molecular complexity index is 2790. The van der Waals surface area contributed by atoms with Crippen molar-refractivity contribution in [3.05, 3.63) is 170 Å². The Kier molecular flexibility index (Phi) is 5.64. The Hall–Kier alpha value is -6.18. The lowest BCUT2D eigenvalue weighted by Gasteiger charge is -2.21. The lowest BCUT2D eigenvalue weighted by molar-refractivity contribution is 0.669. The van der Waals surface area contributed by atoms with E-state index in [1.165, 1.54) is 70.9 Å². The maximum atomic E-state index is 6.38. The van der Waals surface area contributed by atoms with Crippen LogP contribution in [0.4, 0.5) is 0 Å². The zero-order chi connectivity index (χ0) is 30.9. The summed E-state index contributed by atoms with van der Waals surface area (Å²) < 4.78 is 6.38. The van der Waals surface area contributed by atoms with Crippen molar-refractivity contribution in [3.8, 4) is 33.4 Å².